The van der Waals surface area contributed by atoms with E-state index in [0.29, 0.717) is 25.4 Å². The van der Waals surface area contributed by atoms with Crippen LogP contribution in [-0.4, -0.2) is 40.9 Å². The summed E-state index contributed by atoms with van der Waals surface area (Å²) in [7, 11) is 0. The highest BCUT2D eigenvalue weighted by Gasteiger charge is 2.28. The van der Waals surface area contributed by atoms with Crippen LogP contribution in [0.1, 0.15) is 57.4 Å². The van der Waals surface area contributed by atoms with Crippen molar-refractivity contribution in [3.8, 4) is 5.88 Å². The van der Waals surface area contributed by atoms with E-state index in [-0.39, 0.29) is 23.8 Å². The van der Waals surface area contributed by atoms with Crippen molar-refractivity contribution in [2.24, 2.45) is 5.92 Å². The zero-order chi connectivity index (χ0) is 18.4. The minimum Gasteiger partial charge on any atom is -0.474 e. The van der Waals surface area contributed by atoms with Gasteiger partial charge in [0, 0.05) is 37.8 Å². The molecule has 0 aromatic carbocycles. The lowest BCUT2D eigenvalue weighted by Gasteiger charge is -2.32. The van der Waals surface area contributed by atoms with Gasteiger partial charge in [0.05, 0.1) is 5.92 Å². The van der Waals surface area contributed by atoms with Gasteiger partial charge in [-0.2, -0.15) is 0 Å². The molecule has 1 aliphatic heterocycles. The molecule has 2 heterocycles. The second kappa shape index (κ2) is 9.01. The molecule has 26 heavy (non-hydrogen) atoms. The summed E-state index contributed by atoms with van der Waals surface area (Å²) in [6.07, 6.45) is 8.74. The molecule has 2 aliphatic rings. The Labute approximate surface area is 155 Å². The van der Waals surface area contributed by atoms with Crippen LogP contribution in [0.5, 0.6) is 5.88 Å². The molecule has 1 N–H and O–H groups in total. The number of rotatable bonds is 6. The molecular formula is C20H29N3O3. The molecule has 1 saturated heterocycles. The summed E-state index contributed by atoms with van der Waals surface area (Å²) in [5.74, 6) is 0.637. The number of amides is 2. The van der Waals surface area contributed by atoms with Crippen LogP contribution in [0.25, 0.3) is 0 Å². The molecule has 6 nitrogen and oxygen atoms in total. The van der Waals surface area contributed by atoms with E-state index in [1.165, 1.54) is 12.8 Å². The summed E-state index contributed by atoms with van der Waals surface area (Å²) >= 11 is 0. The van der Waals surface area contributed by atoms with E-state index in [4.69, 9.17) is 4.74 Å². The van der Waals surface area contributed by atoms with Gasteiger partial charge in [0.1, 0.15) is 6.10 Å². The van der Waals surface area contributed by atoms with E-state index in [1.807, 2.05) is 24.0 Å². The molecule has 0 spiro atoms. The maximum atomic E-state index is 12.6. The molecule has 1 aromatic rings. The Bertz CT molecular complexity index is 628. The summed E-state index contributed by atoms with van der Waals surface area (Å²) in [4.78, 5) is 30.6. The van der Waals surface area contributed by atoms with Gasteiger partial charge in [0.15, 0.2) is 0 Å². The number of carbonyl (C=O) groups is 2. The zero-order valence-electron chi connectivity index (χ0n) is 15.6. The number of nitrogens with one attached hydrogen (secondary N) is 1. The highest BCUT2D eigenvalue weighted by Crippen LogP contribution is 2.25. The predicted molar refractivity (Wildman–Crippen MR) is 98.6 cm³/mol. The molecule has 1 aliphatic carbocycles. The van der Waals surface area contributed by atoms with Crippen molar-refractivity contribution in [2.75, 3.05) is 13.1 Å². The number of pyridine rings is 1. The Morgan fingerprint density at radius 3 is 2.85 bits per heavy atom. The summed E-state index contributed by atoms with van der Waals surface area (Å²) in [6.45, 7) is 3.56. The van der Waals surface area contributed by atoms with E-state index >= 15 is 0 Å². The zero-order valence-corrected chi connectivity index (χ0v) is 15.6. The molecule has 6 heteroatoms. The third kappa shape index (κ3) is 4.74. The largest absolute Gasteiger partial charge is 0.474 e. The monoisotopic (exact) mass is 359 g/mol. The van der Waals surface area contributed by atoms with Crippen molar-refractivity contribution in [1.29, 1.82) is 0 Å². The quantitative estimate of drug-likeness (QED) is 0.848. The van der Waals surface area contributed by atoms with Crippen LogP contribution in [-0.2, 0) is 16.1 Å². The third-order valence-electron chi connectivity index (χ3n) is 5.33. The van der Waals surface area contributed by atoms with Crippen molar-refractivity contribution in [3.63, 3.8) is 0 Å². The number of nitrogens with zero attached hydrogens (tertiary/aromatic N) is 2. The number of likely N-dealkylation sites (tertiary alicyclic amines) is 1. The first-order valence-corrected chi connectivity index (χ1v) is 9.83. The first-order chi connectivity index (χ1) is 12.7. The van der Waals surface area contributed by atoms with Crippen LogP contribution in [0.15, 0.2) is 18.3 Å². The topological polar surface area (TPSA) is 71.5 Å². The van der Waals surface area contributed by atoms with Crippen LogP contribution in [0.2, 0.25) is 0 Å². The first-order valence-electron chi connectivity index (χ1n) is 9.83. The van der Waals surface area contributed by atoms with Crippen LogP contribution >= 0.6 is 0 Å². The maximum Gasteiger partial charge on any atom is 0.225 e. The summed E-state index contributed by atoms with van der Waals surface area (Å²) in [5, 5.41) is 3.01. The van der Waals surface area contributed by atoms with Gasteiger partial charge in [-0.05, 0) is 44.6 Å². The minimum absolute atomic E-state index is 0.00859. The predicted octanol–water partition coefficient (Wildman–Crippen LogP) is 2.67. The SMILES string of the molecule is CCC(=O)N1CCCC(C(=O)NCc2cccnc2OC2CCCC2)C1. The fraction of sp³-hybridized carbons (Fsp3) is 0.650. The molecule has 3 rings (SSSR count). The number of hydrogen-bond acceptors (Lipinski definition) is 4. The standard InChI is InChI=1S/C20H29N3O3/c1-2-18(24)23-12-6-8-16(14-23)19(25)22-13-15-7-5-11-21-20(15)26-17-9-3-4-10-17/h5,7,11,16-17H,2-4,6,8-10,12-14H2,1H3,(H,22,25). The Morgan fingerprint density at radius 2 is 2.08 bits per heavy atom. The maximum absolute atomic E-state index is 12.6. The van der Waals surface area contributed by atoms with Gasteiger partial charge in [-0.1, -0.05) is 13.0 Å². The lowest BCUT2D eigenvalue weighted by atomic mass is 9.97. The summed E-state index contributed by atoms with van der Waals surface area (Å²) in [6, 6.07) is 3.82. The molecule has 1 aromatic heterocycles. The lowest BCUT2D eigenvalue weighted by Crippen LogP contribution is -2.45. The van der Waals surface area contributed by atoms with E-state index in [9.17, 15) is 9.59 Å². The molecule has 1 saturated carbocycles. The number of carbonyl (C=O) groups excluding carboxylic acids is 2. The number of aromatic nitrogens is 1. The first kappa shape index (κ1) is 18.7. The average molecular weight is 359 g/mol. The van der Waals surface area contributed by atoms with Crippen LogP contribution in [0.4, 0.5) is 0 Å². The van der Waals surface area contributed by atoms with Crippen molar-refractivity contribution in [3.05, 3.63) is 23.9 Å². The van der Waals surface area contributed by atoms with Crippen molar-refractivity contribution in [2.45, 2.75) is 64.5 Å². The number of piperidine rings is 1. The Balaban J connectivity index is 1.55. The molecule has 1 unspecified atom stereocenters. The third-order valence-corrected chi connectivity index (χ3v) is 5.33. The second-order valence-electron chi connectivity index (χ2n) is 7.24. The summed E-state index contributed by atoms with van der Waals surface area (Å²) < 4.78 is 6.03. The minimum atomic E-state index is -0.130. The highest BCUT2D eigenvalue weighted by molar-refractivity contribution is 5.81. The summed E-state index contributed by atoms with van der Waals surface area (Å²) in [5.41, 5.74) is 0.907. The molecule has 0 bridgehead atoms. The molecule has 142 valence electrons. The van der Waals surface area contributed by atoms with Crippen LogP contribution in [0, 0.1) is 5.92 Å². The van der Waals surface area contributed by atoms with Crippen molar-refractivity contribution >= 4 is 11.8 Å². The van der Waals surface area contributed by atoms with Gasteiger partial charge < -0.3 is 15.0 Å². The van der Waals surface area contributed by atoms with Gasteiger partial charge in [0.2, 0.25) is 17.7 Å². The fourth-order valence-electron chi connectivity index (χ4n) is 3.80. The van der Waals surface area contributed by atoms with Crippen molar-refractivity contribution < 1.29 is 14.3 Å². The van der Waals surface area contributed by atoms with Gasteiger partial charge in [-0.25, -0.2) is 4.98 Å². The van der Waals surface area contributed by atoms with Gasteiger partial charge in [-0.3, -0.25) is 9.59 Å². The Kier molecular flexibility index (Phi) is 6.47. The average Bonchev–Trinajstić information content (AvgIpc) is 3.19. The van der Waals surface area contributed by atoms with E-state index in [2.05, 4.69) is 10.3 Å². The highest BCUT2D eigenvalue weighted by atomic mass is 16.5. The second-order valence-corrected chi connectivity index (χ2v) is 7.24. The molecule has 2 fully saturated rings. The van der Waals surface area contributed by atoms with Crippen LogP contribution in [0.3, 0.4) is 0 Å². The normalized spacial score (nSPS) is 20.8. The lowest BCUT2D eigenvalue weighted by molar-refractivity contribution is -0.135. The van der Waals surface area contributed by atoms with Crippen molar-refractivity contribution in [1.82, 2.24) is 15.2 Å². The molecule has 2 amide bonds. The number of hydrogen-bond donors (Lipinski definition) is 1. The van der Waals surface area contributed by atoms with E-state index < -0.39 is 0 Å². The van der Waals surface area contributed by atoms with Crippen LogP contribution < -0.4 is 10.1 Å². The van der Waals surface area contributed by atoms with E-state index in [1.54, 1.807) is 6.20 Å². The molecular weight excluding hydrogens is 330 g/mol. The Morgan fingerprint density at radius 1 is 1.27 bits per heavy atom. The number of ether oxygens (including phenoxy) is 1. The molecule has 1 atom stereocenters. The molecule has 0 radical (unpaired) electrons. The fourth-order valence-corrected chi connectivity index (χ4v) is 3.80. The Hall–Kier alpha value is -2.11. The van der Waals surface area contributed by atoms with E-state index in [0.717, 1.165) is 37.8 Å². The van der Waals surface area contributed by atoms with Gasteiger partial charge in [0.25, 0.3) is 0 Å². The smallest absolute Gasteiger partial charge is 0.225 e. The van der Waals surface area contributed by atoms with Gasteiger partial charge in [-0.15, -0.1) is 0 Å². The van der Waals surface area contributed by atoms with Gasteiger partial charge >= 0.3 is 0 Å².